The molecule has 0 saturated heterocycles. The minimum Gasteiger partial charge on any atom is -0.329 e. The van der Waals surface area contributed by atoms with E-state index >= 15 is 0 Å². The van der Waals surface area contributed by atoms with Gasteiger partial charge in [0.1, 0.15) is 0 Å². The molecule has 1 saturated carbocycles. The zero-order chi connectivity index (χ0) is 14.4. The summed E-state index contributed by atoms with van der Waals surface area (Å²) in [5.41, 5.74) is 7.80. The van der Waals surface area contributed by atoms with Gasteiger partial charge >= 0.3 is 0 Å². The lowest BCUT2D eigenvalue weighted by Crippen LogP contribution is -2.56. The van der Waals surface area contributed by atoms with E-state index in [1.165, 1.54) is 37.9 Å². The molecule has 112 valence electrons. The van der Waals surface area contributed by atoms with E-state index in [0.29, 0.717) is 0 Å². The molecule has 2 nitrogen and oxygen atoms in total. The third-order valence-corrected chi connectivity index (χ3v) is 4.75. The van der Waals surface area contributed by atoms with Gasteiger partial charge in [0.05, 0.1) is 0 Å². The lowest BCUT2D eigenvalue weighted by Gasteiger charge is -2.43. The summed E-state index contributed by atoms with van der Waals surface area (Å²) in [6, 6.07) is 10.8. The number of nitrogens with zero attached hydrogens (tertiary/aromatic N) is 1. The van der Waals surface area contributed by atoms with Crippen molar-refractivity contribution in [3.63, 3.8) is 0 Å². The molecule has 2 rings (SSSR count). The fourth-order valence-electron chi connectivity index (χ4n) is 3.19. The lowest BCUT2D eigenvalue weighted by atomic mass is 9.85. The van der Waals surface area contributed by atoms with Gasteiger partial charge in [-0.25, -0.2) is 0 Å². The Kier molecular flexibility index (Phi) is 5.62. The Morgan fingerprint density at radius 1 is 1.20 bits per heavy atom. The van der Waals surface area contributed by atoms with Crippen molar-refractivity contribution in [2.75, 3.05) is 19.6 Å². The summed E-state index contributed by atoms with van der Waals surface area (Å²) < 4.78 is 0. The molecule has 0 aromatic heterocycles. The highest BCUT2D eigenvalue weighted by atomic mass is 15.2. The molecule has 0 bridgehead atoms. The molecule has 1 aromatic carbocycles. The van der Waals surface area contributed by atoms with Crippen LogP contribution in [0.25, 0.3) is 0 Å². The summed E-state index contributed by atoms with van der Waals surface area (Å²) in [6.45, 7) is 7.75. The van der Waals surface area contributed by atoms with Crippen LogP contribution in [0.4, 0.5) is 0 Å². The van der Waals surface area contributed by atoms with E-state index in [1.807, 2.05) is 0 Å². The van der Waals surface area contributed by atoms with Gasteiger partial charge in [-0.15, -0.1) is 0 Å². The summed E-state index contributed by atoms with van der Waals surface area (Å²) in [6.07, 6.45) is 6.24. The maximum absolute atomic E-state index is 6.25. The lowest BCUT2D eigenvalue weighted by molar-refractivity contribution is 0.0831. The molecule has 1 unspecified atom stereocenters. The summed E-state index contributed by atoms with van der Waals surface area (Å²) in [7, 11) is 0. The molecule has 1 aromatic rings. The monoisotopic (exact) mass is 274 g/mol. The molecule has 0 spiro atoms. The van der Waals surface area contributed by atoms with Gasteiger partial charge in [0.15, 0.2) is 0 Å². The topological polar surface area (TPSA) is 29.3 Å². The Morgan fingerprint density at radius 3 is 2.40 bits per heavy atom. The van der Waals surface area contributed by atoms with Crippen LogP contribution in [0.3, 0.4) is 0 Å². The second-order valence-corrected chi connectivity index (χ2v) is 6.33. The van der Waals surface area contributed by atoms with Crippen molar-refractivity contribution in [1.82, 2.24) is 4.90 Å². The van der Waals surface area contributed by atoms with Crippen molar-refractivity contribution < 1.29 is 0 Å². The zero-order valence-electron chi connectivity index (χ0n) is 13.1. The Balaban J connectivity index is 2.15. The molecule has 0 heterocycles. The minimum atomic E-state index is 0.139. The second-order valence-electron chi connectivity index (χ2n) is 6.33. The van der Waals surface area contributed by atoms with Gasteiger partial charge in [0, 0.05) is 18.6 Å². The molecule has 0 amide bonds. The smallest absolute Gasteiger partial charge is 0.0369 e. The van der Waals surface area contributed by atoms with Crippen molar-refractivity contribution in [3.05, 3.63) is 35.9 Å². The van der Waals surface area contributed by atoms with E-state index in [2.05, 4.69) is 49.1 Å². The first-order valence-corrected chi connectivity index (χ1v) is 8.23. The Hall–Kier alpha value is -0.860. The van der Waals surface area contributed by atoms with E-state index in [9.17, 15) is 0 Å². The predicted octanol–water partition coefficient (Wildman–Crippen LogP) is 3.46. The molecule has 20 heavy (non-hydrogen) atoms. The van der Waals surface area contributed by atoms with Crippen molar-refractivity contribution in [2.45, 2.75) is 51.5 Å². The van der Waals surface area contributed by atoms with Crippen LogP contribution >= 0.6 is 0 Å². The highest BCUT2D eigenvalue weighted by molar-refractivity contribution is 5.18. The SMILES string of the molecule is CCCN(CC1CC1)C(CC)(CN)Cc1ccccc1. The third-order valence-electron chi connectivity index (χ3n) is 4.75. The average molecular weight is 274 g/mol. The Bertz CT molecular complexity index is 380. The first-order chi connectivity index (χ1) is 9.74. The van der Waals surface area contributed by atoms with Gasteiger partial charge in [0.2, 0.25) is 0 Å². The molecular weight excluding hydrogens is 244 g/mol. The normalized spacial score (nSPS) is 18.2. The van der Waals surface area contributed by atoms with Crippen molar-refractivity contribution >= 4 is 0 Å². The summed E-state index contributed by atoms with van der Waals surface area (Å²) >= 11 is 0. The fourth-order valence-corrected chi connectivity index (χ4v) is 3.19. The zero-order valence-corrected chi connectivity index (χ0v) is 13.1. The molecule has 0 aliphatic heterocycles. The first kappa shape index (κ1) is 15.5. The van der Waals surface area contributed by atoms with Gasteiger partial charge in [-0.2, -0.15) is 0 Å². The number of hydrogen-bond donors (Lipinski definition) is 1. The maximum atomic E-state index is 6.25. The quantitative estimate of drug-likeness (QED) is 0.747. The van der Waals surface area contributed by atoms with Crippen molar-refractivity contribution in [3.8, 4) is 0 Å². The molecule has 0 radical (unpaired) electrons. The maximum Gasteiger partial charge on any atom is 0.0369 e. The Labute approximate surface area is 124 Å². The average Bonchev–Trinajstić information content (AvgIpc) is 3.30. The van der Waals surface area contributed by atoms with Crippen LogP contribution in [-0.4, -0.2) is 30.1 Å². The van der Waals surface area contributed by atoms with Gasteiger partial charge in [-0.05, 0) is 50.1 Å². The number of rotatable bonds is 9. The standard InChI is InChI=1S/C18H30N2/c1-3-12-20(14-17-10-11-17)18(4-2,15-19)13-16-8-6-5-7-9-16/h5-9,17H,3-4,10-15,19H2,1-2H3. The van der Waals surface area contributed by atoms with Gasteiger partial charge in [0.25, 0.3) is 0 Å². The largest absolute Gasteiger partial charge is 0.329 e. The second kappa shape index (κ2) is 7.24. The number of hydrogen-bond acceptors (Lipinski definition) is 2. The third kappa shape index (κ3) is 3.83. The molecular formula is C18H30N2. The number of nitrogens with two attached hydrogens (primary N) is 1. The van der Waals surface area contributed by atoms with Crippen molar-refractivity contribution in [2.24, 2.45) is 11.7 Å². The van der Waals surface area contributed by atoms with E-state index in [0.717, 1.165) is 25.3 Å². The van der Waals surface area contributed by atoms with E-state index in [1.54, 1.807) is 0 Å². The highest BCUT2D eigenvalue weighted by Gasteiger charge is 2.36. The van der Waals surface area contributed by atoms with Gasteiger partial charge < -0.3 is 5.73 Å². The van der Waals surface area contributed by atoms with E-state index in [4.69, 9.17) is 5.73 Å². The molecule has 2 heteroatoms. The minimum absolute atomic E-state index is 0.139. The summed E-state index contributed by atoms with van der Waals surface area (Å²) in [5.74, 6) is 0.926. The van der Waals surface area contributed by atoms with E-state index in [-0.39, 0.29) is 5.54 Å². The Morgan fingerprint density at radius 2 is 1.90 bits per heavy atom. The molecule has 1 aliphatic rings. The van der Waals surface area contributed by atoms with Crippen LogP contribution in [0, 0.1) is 5.92 Å². The molecule has 2 N–H and O–H groups in total. The molecule has 1 atom stereocenters. The number of benzene rings is 1. The van der Waals surface area contributed by atoms with Crippen LogP contribution in [-0.2, 0) is 6.42 Å². The summed E-state index contributed by atoms with van der Waals surface area (Å²) in [5, 5.41) is 0. The highest BCUT2D eigenvalue weighted by Crippen LogP contribution is 2.34. The molecule has 1 aliphatic carbocycles. The fraction of sp³-hybridized carbons (Fsp3) is 0.667. The van der Waals surface area contributed by atoms with Gasteiger partial charge in [-0.3, -0.25) is 4.90 Å². The van der Waals surface area contributed by atoms with Crippen molar-refractivity contribution in [1.29, 1.82) is 0 Å². The first-order valence-electron chi connectivity index (χ1n) is 8.23. The van der Waals surface area contributed by atoms with Crippen LogP contribution in [0.15, 0.2) is 30.3 Å². The molecule has 1 fully saturated rings. The summed E-state index contributed by atoms with van der Waals surface area (Å²) in [4.78, 5) is 2.69. The predicted molar refractivity (Wildman–Crippen MR) is 86.8 cm³/mol. The van der Waals surface area contributed by atoms with Crippen LogP contribution in [0.1, 0.15) is 45.1 Å². The van der Waals surface area contributed by atoms with Crippen LogP contribution in [0.2, 0.25) is 0 Å². The van der Waals surface area contributed by atoms with Crippen LogP contribution in [0.5, 0.6) is 0 Å². The van der Waals surface area contributed by atoms with Crippen LogP contribution < -0.4 is 5.73 Å². The van der Waals surface area contributed by atoms with Gasteiger partial charge in [-0.1, -0.05) is 44.2 Å². The van der Waals surface area contributed by atoms with E-state index < -0.39 is 0 Å².